The number of carboxylic acids is 1. The molecule has 7 heteroatoms. The second kappa shape index (κ2) is 12.2. The van der Waals surface area contributed by atoms with E-state index < -0.39 is 24.1 Å². The van der Waals surface area contributed by atoms with Crippen molar-refractivity contribution in [3.63, 3.8) is 0 Å². The Labute approximate surface area is 200 Å². The minimum atomic E-state index is -0.960. The van der Waals surface area contributed by atoms with Crippen LogP contribution in [0.25, 0.3) is 11.1 Å². The molecule has 3 rings (SSSR count). The predicted octanol–water partition coefficient (Wildman–Crippen LogP) is 4.84. The number of carboxylic acid groups (broad SMARTS) is 1. The van der Waals surface area contributed by atoms with Gasteiger partial charge >= 0.3 is 12.1 Å². The lowest BCUT2D eigenvalue weighted by Gasteiger charge is -2.23. The number of hydrogen-bond acceptors (Lipinski definition) is 4. The molecule has 0 saturated heterocycles. The van der Waals surface area contributed by atoms with Crippen LogP contribution in [-0.2, 0) is 14.3 Å². The van der Waals surface area contributed by atoms with Crippen LogP contribution in [0.2, 0.25) is 0 Å². The zero-order valence-electron chi connectivity index (χ0n) is 19.9. The third kappa shape index (κ3) is 6.37. The summed E-state index contributed by atoms with van der Waals surface area (Å²) < 4.78 is 5.58. The lowest BCUT2D eigenvalue weighted by molar-refractivity contribution is -0.137. The van der Waals surface area contributed by atoms with Crippen LogP contribution in [0.3, 0.4) is 0 Å². The maximum atomic E-state index is 12.8. The molecule has 3 N–H and O–H groups in total. The molecule has 2 atom stereocenters. The Bertz CT molecular complexity index is 961. The maximum absolute atomic E-state index is 12.8. The molecule has 0 heterocycles. The summed E-state index contributed by atoms with van der Waals surface area (Å²) in [6.45, 7) is 4.10. The first-order valence-corrected chi connectivity index (χ1v) is 12.1. The second-order valence-corrected chi connectivity index (χ2v) is 8.76. The standard InChI is InChI=1S/C27H34N2O5/c1-3-5-11-18(16-25(30)31)28-26(32)24(10-4-2)29-27(33)34-17-23-21-14-8-6-12-19(21)20-13-7-9-15-22(20)23/h6-9,12-15,18,23-24H,3-5,10-11,16-17H2,1-2H3,(H,28,32)(H,29,33)(H,30,31)/t18-,24+/m1/s1. The van der Waals surface area contributed by atoms with Gasteiger partial charge in [-0.3, -0.25) is 9.59 Å². The van der Waals surface area contributed by atoms with Crippen LogP contribution < -0.4 is 10.6 Å². The normalized spacial score (nSPS) is 13.9. The fourth-order valence-electron chi connectivity index (χ4n) is 4.53. The molecule has 2 aromatic rings. The third-order valence-electron chi connectivity index (χ3n) is 6.20. The first-order valence-electron chi connectivity index (χ1n) is 12.1. The Kier molecular flexibility index (Phi) is 9.08. The zero-order valence-corrected chi connectivity index (χ0v) is 19.9. The molecule has 1 aliphatic rings. The van der Waals surface area contributed by atoms with Crippen molar-refractivity contribution in [2.45, 2.75) is 70.4 Å². The highest BCUT2D eigenvalue weighted by Gasteiger charge is 2.30. The van der Waals surface area contributed by atoms with Gasteiger partial charge in [-0.2, -0.15) is 0 Å². The van der Waals surface area contributed by atoms with Gasteiger partial charge in [-0.15, -0.1) is 0 Å². The van der Waals surface area contributed by atoms with E-state index in [1.54, 1.807) is 0 Å². The molecule has 2 aromatic carbocycles. The number of alkyl carbamates (subject to hydrolysis) is 1. The number of aliphatic carboxylic acids is 1. The van der Waals surface area contributed by atoms with Gasteiger partial charge in [-0.1, -0.05) is 81.6 Å². The van der Waals surface area contributed by atoms with Gasteiger partial charge in [0.25, 0.3) is 0 Å². The molecule has 7 nitrogen and oxygen atoms in total. The van der Waals surface area contributed by atoms with E-state index in [9.17, 15) is 14.4 Å². The Morgan fingerprint density at radius 3 is 2.09 bits per heavy atom. The molecule has 0 bridgehead atoms. The number of nitrogens with one attached hydrogen (secondary N) is 2. The predicted molar refractivity (Wildman–Crippen MR) is 131 cm³/mol. The summed E-state index contributed by atoms with van der Waals surface area (Å²) in [5, 5.41) is 14.6. The van der Waals surface area contributed by atoms with Gasteiger partial charge in [0.05, 0.1) is 6.42 Å². The minimum absolute atomic E-state index is 0.0643. The van der Waals surface area contributed by atoms with Gasteiger partial charge < -0.3 is 20.5 Å². The average molecular weight is 467 g/mol. The van der Waals surface area contributed by atoms with E-state index in [-0.39, 0.29) is 24.9 Å². The summed E-state index contributed by atoms with van der Waals surface area (Å²) >= 11 is 0. The van der Waals surface area contributed by atoms with Crippen molar-refractivity contribution in [2.75, 3.05) is 6.61 Å². The smallest absolute Gasteiger partial charge is 0.407 e. The van der Waals surface area contributed by atoms with Crippen LogP contribution in [0, 0.1) is 0 Å². The Balaban J connectivity index is 1.62. The molecular weight excluding hydrogens is 432 g/mol. The molecule has 182 valence electrons. The van der Waals surface area contributed by atoms with Crippen molar-refractivity contribution in [1.29, 1.82) is 0 Å². The summed E-state index contributed by atoms with van der Waals surface area (Å²) in [5.74, 6) is -1.40. The van der Waals surface area contributed by atoms with Crippen molar-refractivity contribution < 1.29 is 24.2 Å². The summed E-state index contributed by atoms with van der Waals surface area (Å²) in [6.07, 6.45) is 2.62. The molecule has 0 fully saturated rings. The number of rotatable bonds is 12. The number of fused-ring (bicyclic) bond motifs is 3. The van der Waals surface area contributed by atoms with E-state index in [0.717, 1.165) is 35.1 Å². The summed E-state index contributed by atoms with van der Waals surface area (Å²) in [5.41, 5.74) is 4.53. The number of ether oxygens (including phenoxy) is 1. The number of benzene rings is 2. The summed E-state index contributed by atoms with van der Waals surface area (Å²) in [4.78, 5) is 36.7. The SMILES string of the molecule is CCCC[C@H](CC(=O)O)NC(=O)[C@H](CCC)NC(=O)OCC1c2ccccc2-c2ccccc21. The van der Waals surface area contributed by atoms with Crippen molar-refractivity contribution in [1.82, 2.24) is 10.6 Å². The van der Waals surface area contributed by atoms with E-state index in [4.69, 9.17) is 9.84 Å². The van der Waals surface area contributed by atoms with E-state index in [2.05, 4.69) is 22.8 Å². The highest BCUT2D eigenvalue weighted by molar-refractivity contribution is 5.86. The van der Waals surface area contributed by atoms with E-state index in [1.165, 1.54) is 0 Å². The van der Waals surface area contributed by atoms with Crippen molar-refractivity contribution >= 4 is 18.0 Å². The lowest BCUT2D eigenvalue weighted by Crippen LogP contribution is -2.50. The van der Waals surface area contributed by atoms with Gasteiger partial charge in [-0.05, 0) is 35.1 Å². The van der Waals surface area contributed by atoms with E-state index in [0.29, 0.717) is 19.3 Å². The summed E-state index contributed by atoms with van der Waals surface area (Å²) in [6, 6.07) is 14.9. The first-order chi connectivity index (χ1) is 16.4. The molecule has 0 radical (unpaired) electrons. The molecule has 0 spiro atoms. The lowest BCUT2D eigenvalue weighted by atomic mass is 9.98. The Hall–Kier alpha value is -3.35. The first kappa shape index (κ1) is 25.3. The van der Waals surface area contributed by atoms with Gasteiger partial charge in [0.1, 0.15) is 12.6 Å². The number of carbonyl (C=O) groups is 3. The van der Waals surface area contributed by atoms with Crippen LogP contribution in [-0.4, -0.2) is 41.8 Å². The summed E-state index contributed by atoms with van der Waals surface area (Å²) in [7, 11) is 0. The number of carbonyl (C=O) groups excluding carboxylic acids is 2. The number of unbranched alkanes of at least 4 members (excludes halogenated alkanes) is 1. The highest BCUT2D eigenvalue weighted by Crippen LogP contribution is 2.44. The quantitative estimate of drug-likeness (QED) is 0.415. The molecular formula is C27H34N2O5. The molecule has 0 unspecified atom stereocenters. The monoisotopic (exact) mass is 466 g/mol. The minimum Gasteiger partial charge on any atom is -0.481 e. The number of amides is 2. The molecule has 2 amide bonds. The van der Waals surface area contributed by atoms with Crippen LogP contribution >= 0.6 is 0 Å². The van der Waals surface area contributed by atoms with Crippen molar-refractivity contribution in [2.24, 2.45) is 0 Å². The molecule has 1 aliphatic carbocycles. The largest absolute Gasteiger partial charge is 0.481 e. The maximum Gasteiger partial charge on any atom is 0.407 e. The van der Waals surface area contributed by atoms with Gasteiger partial charge in [0.2, 0.25) is 5.91 Å². The highest BCUT2D eigenvalue weighted by atomic mass is 16.5. The van der Waals surface area contributed by atoms with Gasteiger partial charge in [0, 0.05) is 12.0 Å². The Morgan fingerprint density at radius 1 is 0.912 bits per heavy atom. The number of hydrogen-bond donors (Lipinski definition) is 3. The molecule has 0 aromatic heterocycles. The Morgan fingerprint density at radius 2 is 1.53 bits per heavy atom. The average Bonchev–Trinajstić information content (AvgIpc) is 3.14. The third-order valence-corrected chi connectivity index (χ3v) is 6.20. The topological polar surface area (TPSA) is 105 Å². The van der Waals surface area contributed by atoms with Crippen LogP contribution in [0.1, 0.15) is 69.4 Å². The molecule has 34 heavy (non-hydrogen) atoms. The second-order valence-electron chi connectivity index (χ2n) is 8.76. The molecule has 0 saturated carbocycles. The molecule has 0 aliphatic heterocycles. The van der Waals surface area contributed by atoms with Crippen molar-refractivity contribution in [3.8, 4) is 11.1 Å². The fourth-order valence-corrected chi connectivity index (χ4v) is 4.53. The fraction of sp³-hybridized carbons (Fsp3) is 0.444. The van der Waals surface area contributed by atoms with Crippen LogP contribution in [0.4, 0.5) is 4.79 Å². The van der Waals surface area contributed by atoms with Crippen LogP contribution in [0.15, 0.2) is 48.5 Å². The van der Waals surface area contributed by atoms with Gasteiger partial charge in [0.15, 0.2) is 0 Å². The van der Waals surface area contributed by atoms with E-state index >= 15 is 0 Å². The van der Waals surface area contributed by atoms with E-state index in [1.807, 2.05) is 50.2 Å². The van der Waals surface area contributed by atoms with Crippen LogP contribution in [0.5, 0.6) is 0 Å². The van der Waals surface area contributed by atoms with Crippen molar-refractivity contribution in [3.05, 3.63) is 59.7 Å². The zero-order chi connectivity index (χ0) is 24.5. The van der Waals surface area contributed by atoms with Gasteiger partial charge in [-0.25, -0.2) is 4.79 Å².